The van der Waals surface area contributed by atoms with E-state index in [2.05, 4.69) is 0 Å². The van der Waals surface area contributed by atoms with E-state index < -0.39 is 65.3 Å². The molecule has 0 aliphatic rings. The third-order valence-electron chi connectivity index (χ3n) is 3.44. The van der Waals surface area contributed by atoms with Crippen molar-refractivity contribution >= 4 is 0 Å². The Morgan fingerprint density at radius 2 is 0.441 bits per heavy atom. The molecule has 0 aliphatic heterocycles. The predicted molar refractivity (Wildman–Crippen MR) is 54.6 cm³/mol. The zero-order valence-electron chi connectivity index (χ0n) is 14.1. The summed E-state index contributed by atoms with van der Waals surface area (Å²) in [5, 5.41) is 0. The molecule has 0 rings (SSSR count). The Morgan fingerprint density at radius 3 is 0.588 bits per heavy atom. The van der Waals surface area contributed by atoms with E-state index in [1.807, 2.05) is 0 Å². The topological polar surface area (TPSA) is 3.24 Å². The molecule has 0 aliphatic carbocycles. The lowest BCUT2D eigenvalue weighted by atomic mass is 10.0. The highest BCUT2D eigenvalue weighted by Gasteiger charge is 2.94. The predicted octanol–water partition coefficient (Wildman–Crippen LogP) is 7.29. The highest BCUT2D eigenvalue weighted by Crippen LogP contribution is 2.63. The second-order valence-corrected chi connectivity index (χ2v) is 5.75. The molecular weight excluding hydrogens is 571 g/mol. The number of halogens is 23. The first-order valence-electron chi connectivity index (χ1n) is 6.77. The Morgan fingerprint density at radius 1 is 0.235 bits per heavy atom. The maximum absolute atomic E-state index is 13.5. The highest BCUT2D eigenvalue weighted by molar-refractivity contribution is 5.09. The van der Waals surface area contributed by atoms with Crippen LogP contribution in [0.5, 0.6) is 0 Å². The standard InChI is InChI=1S/C10F23N/c11-1(12,5(19,20)21)3(15,16)8(28,29)34(10(32,33)7(25,26)27)9(30,31)4(17,18)2(13,14)6(22,23)24. The van der Waals surface area contributed by atoms with Gasteiger partial charge in [-0.1, -0.05) is 0 Å². The number of hydrogen-bond donors (Lipinski definition) is 0. The van der Waals surface area contributed by atoms with Crippen LogP contribution in [0.3, 0.4) is 0 Å². The fraction of sp³-hybridized carbons (Fsp3) is 1.00. The fourth-order valence-electron chi connectivity index (χ4n) is 1.67. The molecule has 0 unspecified atom stereocenters. The Labute approximate surface area is 168 Å². The molecule has 0 amide bonds. The minimum atomic E-state index is -9.29. The second kappa shape index (κ2) is 7.67. The van der Waals surface area contributed by atoms with Crippen LogP contribution in [0.1, 0.15) is 0 Å². The van der Waals surface area contributed by atoms with Crippen molar-refractivity contribution in [1.29, 1.82) is 0 Å². The molecule has 24 heteroatoms. The van der Waals surface area contributed by atoms with Gasteiger partial charge >= 0.3 is 60.4 Å². The summed E-state index contributed by atoms with van der Waals surface area (Å²) in [5.74, 6) is -35.5. The van der Waals surface area contributed by atoms with E-state index in [1.165, 1.54) is 0 Å². The average Bonchev–Trinajstić information content (AvgIpc) is 2.49. The van der Waals surface area contributed by atoms with Crippen molar-refractivity contribution < 1.29 is 101 Å². The average molecular weight is 571 g/mol. The van der Waals surface area contributed by atoms with Gasteiger partial charge in [0.2, 0.25) is 0 Å². The maximum atomic E-state index is 13.5. The van der Waals surface area contributed by atoms with Crippen LogP contribution >= 0.6 is 0 Å². The monoisotopic (exact) mass is 571 g/mol. The highest BCUT2D eigenvalue weighted by atomic mass is 19.4. The van der Waals surface area contributed by atoms with Crippen molar-refractivity contribution in [2.24, 2.45) is 0 Å². The van der Waals surface area contributed by atoms with Gasteiger partial charge in [-0.25, -0.2) is 0 Å². The molecule has 0 heterocycles. The fourth-order valence-corrected chi connectivity index (χ4v) is 1.67. The quantitative estimate of drug-likeness (QED) is 0.229. The van der Waals surface area contributed by atoms with Gasteiger partial charge in [0.15, 0.2) is 0 Å². The summed E-state index contributed by atoms with van der Waals surface area (Å²) in [7, 11) is 0. The summed E-state index contributed by atoms with van der Waals surface area (Å²) in [5.41, 5.74) is 0. The van der Waals surface area contributed by atoms with Crippen LogP contribution < -0.4 is 0 Å². The molecule has 206 valence electrons. The normalized spacial score (nSPS) is 16.9. The maximum Gasteiger partial charge on any atom is 0.469 e. The first kappa shape index (κ1) is 32.4. The zero-order chi connectivity index (χ0) is 28.6. The third kappa shape index (κ3) is 4.15. The molecule has 0 aromatic heterocycles. The number of hydrogen-bond acceptors (Lipinski definition) is 1. The lowest BCUT2D eigenvalue weighted by Gasteiger charge is -2.47. The molecule has 0 N–H and O–H groups in total. The van der Waals surface area contributed by atoms with Gasteiger partial charge in [-0.05, 0) is 0 Å². The minimum Gasteiger partial charge on any atom is -0.191 e. The van der Waals surface area contributed by atoms with Crippen molar-refractivity contribution in [2.75, 3.05) is 0 Å². The van der Waals surface area contributed by atoms with Crippen molar-refractivity contribution in [3.63, 3.8) is 0 Å². The van der Waals surface area contributed by atoms with Gasteiger partial charge in [0, 0.05) is 0 Å². The zero-order valence-corrected chi connectivity index (χ0v) is 14.1. The SMILES string of the molecule is FC(F)(F)C(F)(F)N(C(F)(F)C(F)(F)C(F)(F)C(F)(F)F)C(F)(F)C(F)(F)C(F)(F)C(F)(F)F. The van der Waals surface area contributed by atoms with Crippen LogP contribution in [-0.2, 0) is 0 Å². The molecule has 0 aromatic rings. The molecule has 0 fully saturated rings. The summed E-state index contributed by atoms with van der Waals surface area (Å²) >= 11 is 0. The number of alkyl halides is 23. The van der Waals surface area contributed by atoms with Crippen LogP contribution in [-0.4, -0.2) is 65.3 Å². The van der Waals surface area contributed by atoms with E-state index in [1.54, 1.807) is 0 Å². The Kier molecular flexibility index (Phi) is 7.30. The van der Waals surface area contributed by atoms with Gasteiger partial charge in [0.05, 0.1) is 0 Å². The van der Waals surface area contributed by atoms with E-state index in [-0.39, 0.29) is 0 Å². The minimum absolute atomic E-state index is 5.62. The number of nitrogens with zero attached hydrogens (tertiary/aromatic N) is 1. The smallest absolute Gasteiger partial charge is 0.191 e. The van der Waals surface area contributed by atoms with Crippen LogP contribution in [0.15, 0.2) is 0 Å². The molecule has 0 spiro atoms. The third-order valence-corrected chi connectivity index (χ3v) is 3.44. The van der Waals surface area contributed by atoms with Gasteiger partial charge < -0.3 is 0 Å². The molecular formula is C10F23N. The summed E-state index contributed by atoms with van der Waals surface area (Å²) in [6, 6.07) is -27.5. The molecule has 0 atom stereocenters. The molecule has 1 nitrogen and oxygen atoms in total. The van der Waals surface area contributed by atoms with Crippen LogP contribution in [0.4, 0.5) is 101 Å². The largest absolute Gasteiger partial charge is 0.469 e. The van der Waals surface area contributed by atoms with Gasteiger partial charge in [0.1, 0.15) is 0 Å². The van der Waals surface area contributed by atoms with Gasteiger partial charge in [-0.3, -0.25) is 0 Å². The first-order chi connectivity index (χ1) is 14.1. The van der Waals surface area contributed by atoms with E-state index in [9.17, 15) is 101 Å². The van der Waals surface area contributed by atoms with E-state index in [4.69, 9.17) is 0 Å². The van der Waals surface area contributed by atoms with Crippen molar-refractivity contribution in [1.82, 2.24) is 4.90 Å². The summed E-state index contributed by atoms with van der Waals surface area (Å²) in [6.07, 6.45) is -24.8. The Balaban J connectivity index is 7.64. The van der Waals surface area contributed by atoms with Crippen molar-refractivity contribution in [3.8, 4) is 0 Å². The summed E-state index contributed by atoms with van der Waals surface area (Å²) in [4.78, 5) is -5.62. The van der Waals surface area contributed by atoms with Gasteiger partial charge in [-0.15, -0.1) is 4.90 Å². The second-order valence-electron chi connectivity index (χ2n) is 5.75. The molecule has 34 heavy (non-hydrogen) atoms. The Bertz CT molecular complexity index is 682. The molecule has 0 saturated heterocycles. The lowest BCUT2D eigenvalue weighted by Crippen LogP contribution is -2.79. The summed E-state index contributed by atoms with van der Waals surface area (Å²) in [6.45, 7) is 0. The number of rotatable bonds is 7. The van der Waals surface area contributed by atoms with E-state index in [0.29, 0.717) is 0 Å². The van der Waals surface area contributed by atoms with E-state index in [0.717, 1.165) is 0 Å². The van der Waals surface area contributed by atoms with Crippen LogP contribution in [0.25, 0.3) is 0 Å². The van der Waals surface area contributed by atoms with Crippen molar-refractivity contribution in [2.45, 2.75) is 60.4 Å². The van der Waals surface area contributed by atoms with Crippen LogP contribution in [0, 0.1) is 0 Å². The van der Waals surface area contributed by atoms with E-state index >= 15 is 0 Å². The first-order valence-corrected chi connectivity index (χ1v) is 6.77. The molecule has 0 saturated carbocycles. The van der Waals surface area contributed by atoms with Gasteiger partial charge in [0.25, 0.3) is 0 Å². The summed E-state index contributed by atoms with van der Waals surface area (Å²) < 4.78 is 292. The van der Waals surface area contributed by atoms with Gasteiger partial charge in [-0.2, -0.15) is 101 Å². The molecule has 0 bridgehead atoms. The lowest BCUT2D eigenvalue weighted by molar-refractivity contribution is -0.522. The van der Waals surface area contributed by atoms with Crippen molar-refractivity contribution in [3.05, 3.63) is 0 Å². The molecule has 0 aromatic carbocycles. The Hall–Kier alpha value is -1.65. The molecule has 0 radical (unpaired) electrons. The van der Waals surface area contributed by atoms with Crippen LogP contribution in [0.2, 0.25) is 0 Å².